The lowest BCUT2D eigenvalue weighted by molar-refractivity contribution is 0.0926. The number of aromatic nitrogens is 1. The van der Waals surface area contributed by atoms with E-state index in [-0.39, 0.29) is 11.3 Å². The maximum atomic E-state index is 12.3. The van der Waals surface area contributed by atoms with E-state index < -0.39 is 0 Å². The van der Waals surface area contributed by atoms with Crippen molar-refractivity contribution in [3.8, 4) is 0 Å². The molecule has 1 aliphatic rings. The van der Waals surface area contributed by atoms with Crippen molar-refractivity contribution in [2.45, 2.75) is 53.0 Å². The van der Waals surface area contributed by atoms with E-state index in [1.165, 1.54) is 12.8 Å². The van der Waals surface area contributed by atoms with Gasteiger partial charge in [-0.3, -0.25) is 4.79 Å². The zero-order chi connectivity index (χ0) is 14.8. The monoisotopic (exact) mass is 279 g/mol. The van der Waals surface area contributed by atoms with Crippen molar-refractivity contribution in [2.75, 3.05) is 13.1 Å². The van der Waals surface area contributed by atoms with Crippen LogP contribution in [0, 0.1) is 12.3 Å². The molecule has 5 heteroatoms. The van der Waals surface area contributed by atoms with Crippen LogP contribution in [0.15, 0.2) is 4.52 Å². The maximum absolute atomic E-state index is 12.3. The van der Waals surface area contributed by atoms with E-state index in [0.29, 0.717) is 36.0 Å². The summed E-state index contributed by atoms with van der Waals surface area (Å²) in [6, 6.07) is 0.311. The van der Waals surface area contributed by atoms with Gasteiger partial charge in [0.25, 0.3) is 5.91 Å². The van der Waals surface area contributed by atoms with Crippen LogP contribution in [0.25, 0.3) is 0 Å². The molecule has 1 unspecified atom stereocenters. The van der Waals surface area contributed by atoms with Crippen molar-refractivity contribution in [3.63, 3.8) is 0 Å². The second kappa shape index (κ2) is 5.95. The Morgan fingerprint density at radius 1 is 1.55 bits per heavy atom. The zero-order valence-electron chi connectivity index (χ0n) is 12.9. The van der Waals surface area contributed by atoms with Gasteiger partial charge in [0.15, 0.2) is 0 Å². The molecule has 0 radical (unpaired) electrons. The average Bonchev–Trinajstić information content (AvgIpc) is 2.78. The second-order valence-electron chi connectivity index (χ2n) is 6.23. The van der Waals surface area contributed by atoms with Gasteiger partial charge in [-0.1, -0.05) is 25.9 Å². The first-order valence-corrected chi connectivity index (χ1v) is 7.42. The molecule has 1 aliphatic heterocycles. The van der Waals surface area contributed by atoms with Gasteiger partial charge in [0.05, 0.1) is 5.69 Å². The minimum atomic E-state index is -0.0798. The molecule has 2 N–H and O–H groups in total. The Morgan fingerprint density at radius 3 is 2.95 bits per heavy atom. The molecule has 112 valence electrons. The molecule has 0 saturated carbocycles. The van der Waals surface area contributed by atoms with E-state index in [0.717, 1.165) is 6.54 Å². The smallest absolute Gasteiger partial charge is 0.256 e. The molecule has 1 amide bonds. The fourth-order valence-electron chi connectivity index (χ4n) is 2.85. The Bertz CT molecular complexity index is 479. The highest BCUT2D eigenvalue weighted by Gasteiger charge is 2.32. The molecule has 1 aromatic rings. The van der Waals surface area contributed by atoms with Crippen molar-refractivity contribution in [1.82, 2.24) is 15.8 Å². The van der Waals surface area contributed by atoms with E-state index in [4.69, 9.17) is 4.52 Å². The van der Waals surface area contributed by atoms with Gasteiger partial charge in [0.1, 0.15) is 11.3 Å². The van der Waals surface area contributed by atoms with Crippen LogP contribution in [-0.2, 0) is 6.42 Å². The normalized spacial score (nSPS) is 21.7. The summed E-state index contributed by atoms with van der Waals surface area (Å²) in [5.41, 5.74) is 1.47. The van der Waals surface area contributed by atoms with Crippen LogP contribution in [-0.4, -0.2) is 30.2 Å². The highest BCUT2D eigenvalue weighted by molar-refractivity contribution is 5.96. The van der Waals surface area contributed by atoms with Gasteiger partial charge in [0, 0.05) is 19.0 Å². The van der Waals surface area contributed by atoms with Crippen LogP contribution in [0.3, 0.4) is 0 Å². The van der Waals surface area contributed by atoms with Crippen molar-refractivity contribution in [1.29, 1.82) is 0 Å². The lowest BCUT2D eigenvalue weighted by Crippen LogP contribution is -2.52. The molecule has 5 nitrogen and oxygen atoms in total. The van der Waals surface area contributed by atoms with Crippen molar-refractivity contribution < 1.29 is 9.32 Å². The molecular formula is C15H25N3O2. The SMILES string of the molecule is CCc1onc(C)c1C(=O)NCC1NCCCC1(C)C. The minimum absolute atomic E-state index is 0.0798. The number of carbonyl (C=O) groups is 1. The summed E-state index contributed by atoms with van der Waals surface area (Å²) < 4.78 is 5.17. The Kier molecular flexibility index (Phi) is 4.48. The van der Waals surface area contributed by atoms with E-state index in [2.05, 4.69) is 29.6 Å². The van der Waals surface area contributed by atoms with Gasteiger partial charge >= 0.3 is 0 Å². The second-order valence-corrected chi connectivity index (χ2v) is 6.23. The van der Waals surface area contributed by atoms with Crippen LogP contribution < -0.4 is 10.6 Å². The summed E-state index contributed by atoms with van der Waals surface area (Å²) in [7, 11) is 0. The summed E-state index contributed by atoms with van der Waals surface area (Å²) >= 11 is 0. The Morgan fingerprint density at radius 2 is 2.30 bits per heavy atom. The summed E-state index contributed by atoms with van der Waals surface area (Å²) in [5.74, 6) is 0.583. The van der Waals surface area contributed by atoms with Gasteiger partial charge in [0.2, 0.25) is 0 Å². The maximum Gasteiger partial charge on any atom is 0.256 e. The number of aryl methyl sites for hydroxylation is 2. The Labute approximate surface area is 120 Å². The summed E-state index contributed by atoms with van der Waals surface area (Å²) in [5, 5.41) is 10.4. The fraction of sp³-hybridized carbons (Fsp3) is 0.733. The predicted molar refractivity (Wildman–Crippen MR) is 77.8 cm³/mol. The molecule has 0 bridgehead atoms. The van der Waals surface area contributed by atoms with Crippen molar-refractivity contribution in [2.24, 2.45) is 5.41 Å². The Balaban J connectivity index is 2.00. The van der Waals surface area contributed by atoms with Gasteiger partial charge in [-0.15, -0.1) is 0 Å². The third-order valence-corrected chi connectivity index (χ3v) is 4.28. The Hall–Kier alpha value is -1.36. The molecular weight excluding hydrogens is 254 g/mol. The van der Waals surface area contributed by atoms with Crippen LogP contribution in [0.5, 0.6) is 0 Å². The van der Waals surface area contributed by atoms with Gasteiger partial charge in [-0.25, -0.2) is 0 Å². The van der Waals surface area contributed by atoms with Crippen LogP contribution >= 0.6 is 0 Å². The number of nitrogens with one attached hydrogen (secondary N) is 2. The summed E-state index contributed by atoms with van der Waals surface area (Å²) in [6.07, 6.45) is 3.06. The molecule has 1 aromatic heterocycles. The fourth-order valence-corrected chi connectivity index (χ4v) is 2.85. The number of amides is 1. The summed E-state index contributed by atoms with van der Waals surface area (Å²) in [6.45, 7) is 9.93. The standard InChI is InChI=1S/C15H25N3O2/c1-5-11-13(10(2)18-20-11)14(19)17-9-12-15(3,4)7-6-8-16-12/h12,16H,5-9H2,1-4H3,(H,17,19). The first-order valence-electron chi connectivity index (χ1n) is 7.42. The molecule has 1 fully saturated rings. The molecule has 0 aliphatic carbocycles. The number of rotatable bonds is 4. The highest BCUT2D eigenvalue weighted by Crippen LogP contribution is 2.29. The van der Waals surface area contributed by atoms with Gasteiger partial charge in [-0.05, 0) is 31.7 Å². The number of piperidine rings is 1. The molecule has 0 spiro atoms. The quantitative estimate of drug-likeness (QED) is 0.885. The van der Waals surface area contributed by atoms with Crippen LogP contribution in [0.4, 0.5) is 0 Å². The number of hydrogen-bond acceptors (Lipinski definition) is 4. The number of carbonyl (C=O) groups excluding carboxylic acids is 1. The average molecular weight is 279 g/mol. The first kappa shape index (κ1) is 15.0. The van der Waals surface area contributed by atoms with E-state index in [1.807, 2.05) is 6.92 Å². The molecule has 2 rings (SSSR count). The third kappa shape index (κ3) is 3.03. The minimum Gasteiger partial charge on any atom is -0.360 e. The largest absolute Gasteiger partial charge is 0.360 e. The van der Waals surface area contributed by atoms with E-state index in [1.54, 1.807) is 6.92 Å². The summed E-state index contributed by atoms with van der Waals surface area (Å²) in [4.78, 5) is 12.3. The molecule has 20 heavy (non-hydrogen) atoms. The van der Waals surface area contributed by atoms with Crippen molar-refractivity contribution in [3.05, 3.63) is 17.0 Å². The van der Waals surface area contributed by atoms with Crippen molar-refractivity contribution >= 4 is 5.91 Å². The molecule has 1 atom stereocenters. The lowest BCUT2D eigenvalue weighted by Gasteiger charge is -2.39. The van der Waals surface area contributed by atoms with E-state index in [9.17, 15) is 4.79 Å². The van der Waals surface area contributed by atoms with Gasteiger partial charge in [-0.2, -0.15) is 0 Å². The molecule has 0 aromatic carbocycles. The molecule has 1 saturated heterocycles. The van der Waals surface area contributed by atoms with Gasteiger partial charge < -0.3 is 15.2 Å². The number of nitrogens with zero attached hydrogens (tertiary/aromatic N) is 1. The first-order chi connectivity index (χ1) is 9.45. The zero-order valence-corrected chi connectivity index (χ0v) is 12.9. The lowest BCUT2D eigenvalue weighted by atomic mass is 9.77. The third-order valence-electron chi connectivity index (χ3n) is 4.28. The predicted octanol–water partition coefficient (Wildman–Crippen LogP) is 2.05. The number of hydrogen-bond donors (Lipinski definition) is 2. The highest BCUT2D eigenvalue weighted by atomic mass is 16.5. The van der Waals surface area contributed by atoms with Crippen LogP contribution in [0.1, 0.15) is 55.4 Å². The topological polar surface area (TPSA) is 67.2 Å². The molecule has 2 heterocycles. The van der Waals surface area contributed by atoms with E-state index >= 15 is 0 Å². The van der Waals surface area contributed by atoms with Crippen LogP contribution in [0.2, 0.25) is 0 Å².